The number of pyridine rings is 2. The first kappa shape index (κ1) is 21.4. The summed E-state index contributed by atoms with van der Waals surface area (Å²) >= 11 is 1.49. The van der Waals surface area contributed by atoms with E-state index >= 15 is 0 Å². The fourth-order valence-corrected chi connectivity index (χ4v) is 4.46. The van der Waals surface area contributed by atoms with Crippen LogP contribution >= 0.6 is 11.3 Å². The molecule has 3 aromatic heterocycles. The molecule has 0 spiro atoms. The Balaban J connectivity index is 1.31. The highest BCUT2D eigenvalue weighted by molar-refractivity contribution is 7.14. The number of amides is 1. The van der Waals surface area contributed by atoms with Gasteiger partial charge in [0.15, 0.2) is 5.01 Å². The number of nitrogens with one attached hydrogen (secondary N) is 1. The molecule has 1 aliphatic heterocycles. The molecular formula is C24H24N6O2S. The highest BCUT2D eigenvalue weighted by atomic mass is 32.1. The van der Waals surface area contributed by atoms with Gasteiger partial charge in [0.1, 0.15) is 28.4 Å². The number of ether oxygens (including phenoxy) is 1. The lowest BCUT2D eigenvalue weighted by molar-refractivity contribution is 0.102. The van der Waals surface area contributed by atoms with Crippen LogP contribution in [-0.2, 0) is 0 Å². The normalized spacial score (nSPS) is 15.0. The summed E-state index contributed by atoms with van der Waals surface area (Å²) in [7, 11) is 2.12. The molecule has 168 valence electrons. The molecule has 0 radical (unpaired) electrons. The molecule has 0 aliphatic carbocycles. The van der Waals surface area contributed by atoms with Crippen LogP contribution in [0.1, 0.15) is 28.2 Å². The van der Waals surface area contributed by atoms with Crippen molar-refractivity contribution in [2.75, 3.05) is 25.5 Å². The molecule has 4 heterocycles. The van der Waals surface area contributed by atoms with E-state index in [1.54, 1.807) is 24.4 Å². The van der Waals surface area contributed by atoms with Crippen molar-refractivity contribution in [3.8, 4) is 16.5 Å². The molecule has 1 amide bonds. The number of carbonyl (C=O) groups is 1. The first-order valence-corrected chi connectivity index (χ1v) is 11.7. The van der Waals surface area contributed by atoms with Gasteiger partial charge in [0.25, 0.3) is 5.91 Å². The molecule has 0 atom stereocenters. The van der Waals surface area contributed by atoms with Gasteiger partial charge in [-0.05, 0) is 57.1 Å². The number of rotatable bonds is 5. The van der Waals surface area contributed by atoms with Crippen LogP contribution < -0.4 is 10.1 Å². The van der Waals surface area contributed by atoms with Crippen LogP contribution in [0.15, 0.2) is 48.7 Å². The van der Waals surface area contributed by atoms with Crippen molar-refractivity contribution < 1.29 is 9.53 Å². The lowest BCUT2D eigenvalue weighted by Gasteiger charge is -2.29. The molecule has 1 aliphatic rings. The SMILES string of the molecule is Cc1nnc(-c2ccc3cnc(NC(=O)c4cccc(OC5CCN(C)CC5)c4)cc3n2)s1. The zero-order valence-corrected chi connectivity index (χ0v) is 19.3. The van der Waals surface area contributed by atoms with Crippen LogP contribution in [-0.4, -0.2) is 57.2 Å². The van der Waals surface area contributed by atoms with Crippen molar-refractivity contribution >= 4 is 34.0 Å². The number of piperidine rings is 1. The minimum absolute atomic E-state index is 0.179. The van der Waals surface area contributed by atoms with E-state index < -0.39 is 0 Å². The molecule has 8 nitrogen and oxygen atoms in total. The minimum Gasteiger partial charge on any atom is -0.490 e. The zero-order valence-electron chi connectivity index (χ0n) is 18.5. The Morgan fingerprint density at radius 2 is 2.00 bits per heavy atom. The number of fused-ring (bicyclic) bond motifs is 1. The van der Waals surface area contributed by atoms with E-state index in [-0.39, 0.29) is 12.0 Å². The number of nitrogens with zero attached hydrogens (tertiary/aromatic N) is 5. The summed E-state index contributed by atoms with van der Waals surface area (Å²) in [6.45, 7) is 3.95. The van der Waals surface area contributed by atoms with E-state index in [1.165, 1.54) is 11.3 Å². The third-order valence-corrected chi connectivity index (χ3v) is 6.49. The van der Waals surface area contributed by atoms with Gasteiger partial charge in [0, 0.05) is 36.3 Å². The van der Waals surface area contributed by atoms with E-state index in [9.17, 15) is 4.79 Å². The second kappa shape index (κ2) is 9.21. The Labute approximate surface area is 195 Å². The highest BCUT2D eigenvalue weighted by Gasteiger charge is 2.18. The average molecular weight is 461 g/mol. The van der Waals surface area contributed by atoms with Gasteiger partial charge >= 0.3 is 0 Å². The highest BCUT2D eigenvalue weighted by Crippen LogP contribution is 2.25. The molecule has 0 saturated carbocycles. The van der Waals surface area contributed by atoms with Gasteiger partial charge in [-0.25, -0.2) is 9.97 Å². The maximum absolute atomic E-state index is 12.9. The lowest BCUT2D eigenvalue weighted by Crippen LogP contribution is -2.35. The maximum Gasteiger partial charge on any atom is 0.256 e. The van der Waals surface area contributed by atoms with Crippen LogP contribution in [0.5, 0.6) is 5.75 Å². The smallest absolute Gasteiger partial charge is 0.256 e. The molecule has 1 aromatic carbocycles. The summed E-state index contributed by atoms with van der Waals surface area (Å²) in [6, 6.07) is 12.9. The summed E-state index contributed by atoms with van der Waals surface area (Å²) < 4.78 is 6.12. The second-order valence-electron chi connectivity index (χ2n) is 8.19. The third-order valence-electron chi connectivity index (χ3n) is 5.62. The number of hydrogen-bond acceptors (Lipinski definition) is 8. The summed E-state index contributed by atoms with van der Waals surface area (Å²) in [6.07, 6.45) is 3.85. The predicted octanol–water partition coefficient (Wildman–Crippen LogP) is 4.18. The van der Waals surface area contributed by atoms with Gasteiger partial charge in [0.05, 0.1) is 5.52 Å². The number of aromatic nitrogens is 4. The Bertz CT molecular complexity index is 1300. The first-order valence-electron chi connectivity index (χ1n) is 10.9. The Kier molecular flexibility index (Phi) is 5.97. The van der Waals surface area contributed by atoms with Crippen molar-refractivity contribution in [3.05, 3.63) is 59.2 Å². The zero-order chi connectivity index (χ0) is 22.8. The number of benzene rings is 1. The topological polar surface area (TPSA) is 93.1 Å². The van der Waals surface area contributed by atoms with Gasteiger partial charge in [-0.2, -0.15) is 0 Å². The Morgan fingerprint density at radius 1 is 1.15 bits per heavy atom. The van der Waals surface area contributed by atoms with Gasteiger partial charge in [0.2, 0.25) is 0 Å². The lowest BCUT2D eigenvalue weighted by atomic mass is 10.1. The predicted molar refractivity (Wildman–Crippen MR) is 129 cm³/mol. The van der Waals surface area contributed by atoms with Crippen molar-refractivity contribution in [1.29, 1.82) is 0 Å². The van der Waals surface area contributed by atoms with Crippen molar-refractivity contribution in [2.24, 2.45) is 0 Å². The fraction of sp³-hybridized carbons (Fsp3) is 0.292. The molecule has 1 saturated heterocycles. The molecule has 33 heavy (non-hydrogen) atoms. The van der Waals surface area contributed by atoms with E-state index in [4.69, 9.17) is 4.74 Å². The number of likely N-dealkylation sites (tertiary alicyclic amines) is 1. The van der Waals surface area contributed by atoms with Crippen molar-refractivity contribution in [3.63, 3.8) is 0 Å². The van der Waals surface area contributed by atoms with Gasteiger partial charge < -0.3 is 15.0 Å². The summed E-state index contributed by atoms with van der Waals surface area (Å²) in [4.78, 5) is 24.2. The van der Waals surface area contributed by atoms with Gasteiger partial charge in [-0.3, -0.25) is 4.79 Å². The molecule has 0 bridgehead atoms. The fourth-order valence-electron chi connectivity index (χ4n) is 3.80. The van der Waals surface area contributed by atoms with Crippen LogP contribution in [0.3, 0.4) is 0 Å². The molecule has 1 N–H and O–H groups in total. The van der Waals surface area contributed by atoms with Crippen molar-refractivity contribution in [2.45, 2.75) is 25.9 Å². The molecule has 5 rings (SSSR count). The van der Waals surface area contributed by atoms with E-state index in [1.807, 2.05) is 31.2 Å². The minimum atomic E-state index is -0.244. The monoisotopic (exact) mass is 460 g/mol. The van der Waals surface area contributed by atoms with Crippen LogP contribution in [0.25, 0.3) is 21.6 Å². The third kappa shape index (κ3) is 4.99. The molecular weight excluding hydrogens is 436 g/mol. The average Bonchev–Trinajstić information content (AvgIpc) is 3.26. The van der Waals surface area contributed by atoms with Crippen molar-refractivity contribution in [1.82, 2.24) is 25.1 Å². The maximum atomic E-state index is 12.9. The second-order valence-corrected chi connectivity index (χ2v) is 9.37. The number of carbonyl (C=O) groups excluding carboxylic acids is 1. The number of aryl methyl sites for hydroxylation is 1. The van der Waals surface area contributed by atoms with E-state index in [2.05, 4.69) is 37.4 Å². The number of anilines is 1. The molecule has 4 aromatic rings. The largest absolute Gasteiger partial charge is 0.490 e. The number of hydrogen-bond donors (Lipinski definition) is 1. The Hall–Kier alpha value is -3.43. The standard InChI is InChI=1S/C24H24N6O2S/c1-15-28-29-24(33-15)20-7-6-17-14-25-22(13-21(17)26-20)27-23(31)16-4-3-5-19(12-16)32-18-8-10-30(2)11-9-18/h3-7,12-14,18H,8-11H2,1-2H3,(H,25,27,31). The van der Waals surface area contributed by atoms with E-state index in [0.29, 0.717) is 17.1 Å². The molecule has 1 fully saturated rings. The summed E-state index contributed by atoms with van der Waals surface area (Å²) in [5, 5.41) is 13.6. The van der Waals surface area contributed by atoms with Crippen LogP contribution in [0.2, 0.25) is 0 Å². The summed E-state index contributed by atoms with van der Waals surface area (Å²) in [5.74, 6) is 0.904. The quantitative estimate of drug-likeness (QED) is 0.477. The van der Waals surface area contributed by atoms with Crippen LogP contribution in [0.4, 0.5) is 5.82 Å². The van der Waals surface area contributed by atoms with Gasteiger partial charge in [-0.15, -0.1) is 10.2 Å². The molecule has 9 heteroatoms. The van der Waals surface area contributed by atoms with Gasteiger partial charge in [-0.1, -0.05) is 17.4 Å². The van der Waals surface area contributed by atoms with Crippen LogP contribution in [0, 0.1) is 6.92 Å². The molecule has 0 unspecified atom stereocenters. The Morgan fingerprint density at radius 3 is 2.79 bits per heavy atom. The van der Waals surface area contributed by atoms with E-state index in [0.717, 1.165) is 52.5 Å². The first-order chi connectivity index (χ1) is 16.0. The summed E-state index contributed by atoms with van der Waals surface area (Å²) in [5.41, 5.74) is 1.99.